The van der Waals surface area contributed by atoms with Crippen molar-refractivity contribution >= 4 is 6.08 Å². The van der Waals surface area contributed by atoms with E-state index < -0.39 is 0 Å². The molecule has 0 fully saturated rings. The zero-order chi connectivity index (χ0) is 19.1. The molecule has 142 valence electrons. The van der Waals surface area contributed by atoms with Crippen molar-refractivity contribution in [2.75, 3.05) is 0 Å². The maximum absolute atomic E-state index is 5.89. The molecule has 0 unspecified atom stereocenters. The molecule has 27 heavy (non-hydrogen) atoms. The Labute approximate surface area is 166 Å². The molecule has 0 amide bonds. The normalized spacial score (nSPS) is 14.0. The molecule has 0 saturated heterocycles. The fourth-order valence-corrected chi connectivity index (χ4v) is 4.87. The fraction of sp³-hybridized carbons (Fsp3) is 0.481. The summed E-state index contributed by atoms with van der Waals surface area (Å²) in [6.07, 6.45) is 14.7. The topological polar surface area (TPSA) is 0 Å². The molecule has 0 atom stereocenters. The smallest absolute Gasteiger partial charge is 0.0215 e. The molecule has 0 heterocycles. The van der Waals surface area contributed by atoms with Gasteiger partial charge in [0, 0.05) is 5.41 Å². The zero-order valence-electron chi connectivity index (χ0n) is 17.2. The third-order valence-electron chi connectivity index (χ3n) is 6.34. The highest BCUT2D eigenvalue weighted by Crippen LogP contribution is 2.54. The Balaban J connectivity index is 2.01. The SMILES string of the molecule is [CH]=Cc1ccc2c(c1)C(CCCCCC)(CCCCCC)c1c[c]ccc1-2. The summed E-state index contributed by atoms with van der Waals surface area (Å²) >= 11 is 0. The first-order valence-electron chi connectivity index (χ1n) is 11.0. The molecule has 0 heteroatoms. The Morgan fingerprint density at radius 2 is 1.52 bits per heavy atom. The molecule has 0 aromatic heterocycles. The molecule has 1 aliphatic rings. The van der Waals surface area contributed by atoms with Gasteiger partial charge in [0.2, 0.25) is 0 Å². The van der Waals surface area contributed by atoms with Gasteiger partial charge in [-0.2, -0.15) is 0 Å². The number of unbranched alkanes of at least 4 members (excludes halogenated alkanes) is 6. The maximum Gasteiger partial charge on any atom is 0.0215 e. The summed E-state index contributed by atoms with van der Waals surface area (Å²) in [4.78, 5) is 0. The number of fused-ring (bicyclic) bond motifs is 3. The van der Waals surface area contributed by atoms with E-state index >= 15 is 0 Å². The fourth-order valence-electron chi connectivity index (χ4n) is 4.87. The monoisotopic (exact) mass is 358 g/mol. The predicted octanol–water partition coefficient (Wildman–Crippen LogP) is 8.14. The van der Waals surface area contributed by atoms with Crippen LogP contribution in [0.1, 0.15) is 94.7 Å². The van der Waals surface area contributed by atoms with Crippen LogP contribution in [-0.4, -0.2) is 0 Å². The molecular weight excluding hydrogens is 324 g/mol. The van der Waals surface area contributed by atoms with Gasteiger partial charge in [0.05, 0.1) is 0 Å². The first-order chi connectivity index (χ1) is 13.3. The quantitative estimate of drug-likeness (QED) is 0.356. The van der Waals surface area contributed by atoms with Crippen LogP contribution in [0, 0.1) is 12.6 Å². The van der Waals surface area contributed by atoms with Crippen molar-refractivity contribution in [3.8, 4) is 11.1 Å². The highest BCUT2D eigenvalue weighted by atomic mass is 14.4. The molecular formula is C27H34. The first-order valence-corrected chi connectivity index (χ1v) is 11.0. The minimum absolute atomic E-state index is 0.142. The summed E-state index contributed by atoms with van der Waals surface area (Å²) in [5, 5.41) is 0. The van der Waals surface area contributed by atoms with Crippen LogP contribution in [0.25, 0.3) is 17.2 Å². The Hall–Kier alpha value is -1.82. The van der Waals surface area contributed by atoms with Crippen molar-refractivity contribution < 1.29 is 0 Å². The minimum Gasteiger partial charge on any atom is -0.0654 e. The van der Waals surface area contributed by atoms with E-state index in [1.54, 1.807) is 6.08 Å². The number of benzene rings is 2. The van der Waals surface area contributed by atoms with Crippen LogP contribution in [-0.2, 0) is 5.41 Å². The average Bonchev–Trinajstić information content (AvgIpc) is 2.98. The molecule has 2 radical (unpaired) electrons. The van der Waals surface area contributed by atoms with Gasteiger partial charge in [0.15, 0.2) is 0 Å². The van der Waals surface area contributed by atoms with E-state index in [1.807, 2.05) is 0 Å². The lowest BCUT2D eigenvalue weighted by atomic mass is 9.70. The molecule has 0 spiro atoms. The van der Waals surface area contributed by atoms with Gasteiger partial charge in [-0.05, 0) is 52.8 Å². The summed E-state index contributed by atoms with van der Waals surface area (Å²) in [6.45, 7) is 10.5. The molecule has 1 aliphatic carbocycles. The van der Waals surface area contributed by atoms with Crippen molar-refractivity contribution in [2.45, 2.75) is 83.5 Å². The average molecular weight is 359 g/mol. The second-order valence-corrected chi connectivity index (χ2v) is 8.15. The van der Waals surface area contributed by atoms with Gasteiger partial charge in [-0.15, -0.1) is 0 Å². The van der Waals surface area contributed by atoms with Crippen LogP contribution >= 0.6 is 0 Å². The summed E-state index contributed by atoms with van der Waals surface area (Å²) in [7, 11) is 0. The number of hydrogen-bond donors (Lipinski definition) is 0. The van der Waals surface area contributed by atoms with Crippen molar-refractivity contribution in [2.24, 2.45) is 0 Å². The van der Waals surface area contributed by atoms with Gasteiger partial charge in [-0.1, -0.05) is 108 Å². The molecule has 3 rings (SSSR count). The molecule has 2 aromatic carbocycles. The van der Waals surface area contributed by atoms with E-state index in [0.717, 1.165) is 5.56 Å². The van der Waals surface area contributed by atoms with Crippen molar-refractivity contribution in [1.82, 2.24) is 0 Å². The van der Waals surface area contributed by atoms with Crippen LogP contribution in [0.5, 0.6) is 0 Å². The van der Waals surface area contributed by atoms with Crippen LogP contribution in [0.3, 0.4) is 0 Å². The van der Waals surface area contributed by atoms with Crippen LogP contribution in [0.4, 0.5) is 0 Å². The standard InChI is InChI=1S/C27H34/c1-4-7-9-13-19-27(20-14-10-8-5-2)25-16-12-11-15-23(25)24-18-17-22(6-3)21-26(24)27/h3,6,11,15-18,21H,4-5,7-10,13-14,19-20H2,1-2H3. The van der Waals surface area contributed by atoms with Gasteiger partial charge < -0.3 is 0 Å². The molecule has 0 N–H and O–H groups in total. The summed E-state index contributed by atoms with van der Waals surface area (Å²) in [5.41, 5.74) is 7.11. The van der Waals surface area contributed by atoms with Crippen molar-refractivity contribution in [1.29, 1.82) is 0 Å². The zero-order valence-corrected chi connectivity index (χ0v) is 17.2. The van der Waals surface area contributed by atoms with Crippen LogP contribution in [0.15, 0.2) is 36.4 Å². The predicted molar refractivity (Wildman–Crippen MR) is 118 cm³/mol. The lowest BCUT2D eigenvalue weighted by molar-refractivity contribution is 0.401. The maximum atomic E-state index is 5.89. The highest BCUT2D eigenvalue weighted by molar-refractivity contribution is 5.82. The largest absolute Gasteiger partial charge is 0.0654 e. The Kier molecular flexibility index (Phi) is 6.94. The van der Waals surface area contributed by atoms with Gasteiger partial charge >= 0.3 is 0 Å². The van der Waals surface area contributed by atoms with Crippen molar-refractivity contribution in [3.05, 3.63) is 65.7 Å². The van der Waals surface area contributed by atoms with E-state index in [0.29, 0.717) is 0 Å². The van der Waals surface area contributed by atoms with Crippen LogP contribution < -0.4 is 0 Å². The Bertz CT molecular complexity index is 740. The van der Waals surface area contributed by atoms with Gasteiger partial charge in [-0.3, -0.25) is 0 Å². The Morgan fingerprint density at radius 3 is 2.15 bits per heavy atom. The third-order valence-corrected chi connectivity index (χ3v) is 6.34. The third kappa shape index (κ3) is 4.05. The van der Waals surface area contributed by atoms with E-state index in [1.165, 1.54) is 86.5 Å². The van der Waals surface area contributed by atoms with Gasteiger partial charge in [0.1, 0.15) is 0 Å². The van der Waals surface area contributed by atoms with Crippen LogP contribution in [0.2, 0.25) is 0 Å². The molecule has 0 saturated carbocycles. The number of rotatable bonds is 11. The first kappa shape index (κ1) is 19.9. The Morgan fingerprint density at radius 1 is 0.852 bits per heavy atom. The number of hydrogen-bond acceptors (Lipinski definition) is 0. The van der Waals surface area contributed by atoms with Crippen molar-refractivity contribution in [3.63, 3.8) is 0 Å². The second kappa shape index (κ2) is 9.40. The van der Waals surface area contributed by atoms with E-state index in [4.69, 9.17) is 6.58 Å². The molecule has 0 nitrogen and oxygen atoms in total. The molecule has 2 aromatic rings. The lowest BCUT2D eigenvalue weighted by Gasteiger charge is -2.33. The molecule has 0 bridgehead atoms. The van der Waals surface area contributed by atoms with E-state index in [2.05, 4.69) is 56.3 Å². The summed E-state index contributed by atoms with van der Waals surface area (Å²) in [6, 6.07) is 16.8. The van der Waals surface area contributed by atoms with Gasteiger partial charge in [0.25, 0.3) is 0 Å². The highest BCUT2D eigenvalue weighted by Gasteiger charge is 2.41. The summed E-state index contributed by atoms with van der Waals surface area (Å²) in [5.74, 6) is 0. The van der Waals surface area contributed by atoms with E-state index in [-0.39, 0.29) is 5.41 Å². The second-order valence-electron chi connectivity index (χ2n) is 8.15. The minimum atomic E-state index is 0.142. The van der Waals surface area contributed by atoms with Gasteiger partial charge in [-0.25, -0.2) is 0 Å². The molecule has 0 aliphatic heterocycles. The summed E-state index contributed by atoms with van der Waals surface area (Å²) < 4.78 is 0. The van der Waals surface area contributed by atoms with E-state index in [9.17, 15) is 0 Å². The lowest BCUT2D eigenvalue weighted by Crippen LogP contribution is -2.25.